The van der Waals surface area contributed by atoms with Gasteiger partial charge < -0.3 is 14.6 Å². The van der Waals surface area contributed by atoms with E-state index in [1.807, 2.05) is 0 Å². The SMILES string of the molecule is O=C(O)COc1cc[c]c(OC(F)F)c1. The van der Waals surface area contributed by atoms with E-state index in [2.05, 4.69) is 10.8 Å². The normalized spacial score (nSPS) is 10.1. The quantitative estimate of drug-likeness (QED) is 0.812. The van der Waals surface area contributed by atoms with Crippen LogP contribution in [0.4, 0.5) is 8.78 Å². The summed E-state index contributed by atoms with van der Waals surface area (Å²) in [5.74, 6) is -1.22. The zero-order valence-corrected chi connectivity index (χ0v) is 7.44. The van der Waals surface area contributed by atoms with Crippen LogP contribution in [0.25, 0.3) is 0 Å². The molecule has 0 spiro atoms. The van der Waals surface area contributed by atoms with Gasteiger partial charge in [-0.15, -0.1) is 0 Å². The Labute approximate surface area is 84.0 Å². The molecule has 4 nitrogen and oxygen atoms in total. The average molecular weight is 217 g/mol. The average Bonchev–Trinajstić information content (AvgIpc) is 2.14. The van der Waals surface area contributed by atoms with E-state index in [1.54, 1.807) is 0 Å². The molecule has 1 aromatic rings. The molecule has 0 aromatic heterocycles. The molecule has 1 rings (SSSR count). The number of ether oxygens (including phenoxy) is 2. The van der Waals surface area contributed by atoms with Gasteiger partial charge in [0.05, 0.1) is 0 Å². The molecule has 1 radical (unpaired) electrons. The molecule has 0 amide bonds. The summed E-state index contributed by atoms with van der Waals surface area (Å²) < 4.78 is 32.4. The Kier molecular flexibility index (Phi) is 3.84. The summed E-state index contributed by atoms with van der Waals surface area (Å²) >= 11 is 0. The van der Waals surface area contributed by atoms with Gasteiger partial charge in [0, 0.05) is 12.1 Å². The van der Waals surface area contributed by atoms with Crippen LogP contribution in [0, 0.1) is 6.07 Å². The first kappa shape index (κ1) is 11.2. The number of carbonyl (C=O) groups is 1. The van der Waals surface area contributed by atoms with Crippen molar-refractivity contribution in [1.29, 1.82) is 0 Å². The lowest BCUT2D eigenvalue weighted by Gasteiger charge is -2.06. The number of benzene rings is 1. The summed E-state index contributed by atoms with van der Waals surface area (Å²) in [5.41, 5.74) is 0. The minimum atomic E-state index is -2.95. The molecule has 0 heterocycles. The maximum Gasteiger partial charge on any atom is 0.387 e. The first-order valence-electron chi connectivity index (χ1n) is 3.89. The van der Waals surface area contributed by atoms with Crippen LogP contribution < -0.4 is 9.47 Å². The van der Waals surface area contributed by atoms with E-state index >= 15 is 0 Å². The van der Waals surface area contributed by atoms with Gasteiger partial charge in [0.25, 0.3) is 0 Å². The summed E-state index contributed by atoms with van der Waals surface area (Å²) in [6.45, 7) is -3.49. The minimum Gasteiger partial charge on any atom is -0.482 e. The highest BCUT2D eigenvalue weighted by atomic mass is 19.3. The number of aliphatic carboxylic acids is 1. The first-order chi connectivity index (χ1) is 7.08. The van der Waals surface area contributed by atoms with Gasteiger partial charge in [-0.05, 0) is 12.1 Å². The Morgan fingerprint density at radius 3 is 2.93 bits per heavy atom. The molecule has 0 aliphatic rings. The molecule has 0 aliphatic heterocycles. The molecule has 0 aliphatic carbocycles. The zero-order valence-electron chi connectivity index (χ0n) is 7.44. The molecule has 81 valence electrons. The Morgan fingerprint density at radius 2 is 2.33 bits per heavy atom. The second-order valence-corrected chi connectivity index (χ2v) is 2.45. The maximum atomic E-state index is 11.8. The topological polar surface area (TPSA) is 55.8 Å². The number of hydrogen-bond acceptors (Lipinski definition) is 3. The zero-order chi connectivity index (χ0) is 11.3. The lowest BCUT2D eigenvalue weighted by atomic mass is 10.3. The van der Waals surface area contributed by atoms with Crippen molar-refractivity contribution >= 4 is 5.97 Å². The molecule has 0 unspecified atom stereocenters. The molecule has 0 atom stereocenters. The lowest BCUT2D eigenvalue weighted by molar-refractivity contribution is -0.139. The van der Waals surface area contributed by atoms with Crippen LogP contribution in [0.2, 0.25) is 0 Å². The van der Waals surface area contributed by atoms with Gasteiger partial charge in [0.2, 0.25) is 0 Å². The van der Waals surface area contributed by atoms with Crippen molar-refractivity contribution in [1.82, 2.24) is 0 Å². The van der Waals surface area contributed by atoms with Crippen molar-refractivity contribution in [2.24, 2.45) is 0 Å². The fourth-order valence-electron chi connectivity index (χ4n) is 0.824. The van der Waals surface area contributed by atoms with Crippen LogP contribution in [-0.2, 0) is 4.79 Å². The molecule has 0 fully saturated rings. The second-order valence-electron chi connectivity index (χ2n) is 2.45. The third-order valence-electron chi connectivity index (χ3n) is 1.32. The van der Waals surface area contributed by atoms with E-state index < -0.39 is 19.2 Å². The molecule has 1 N–H and O–H groups in total. The van der Waals surface area contributed by atoms with Crippen molar-refractivity contribution in [2.75, 3.05) is 6.61 Å². The fourth-order valence-corrected chi connectivity index (χ4v) is 0.824. The molecular formula is C9H7F2O4. The number of halogens is 2. The summed E-state index contributed by atoms with van der Waals surface area (Å²) in [5, 5.41) is 8.31. The smallest absolute Gasteiger partial charge is 0.387 e. The maximum absolute atomic E-state index is 11.8. The molecule has 6 heteroatoms. The van der Waals surface area contributed by atoms with Gasteiger partial charge in [0.1, 0.15) is 11.5 Å². The molecule has 0 bridgehead atoms. The van der Waals surface area contributed by atoms with Crippen LogP contribution in [0.3, 0.4) is 0 Å². The highest BCUT2D eigenvalue weighted by Gasteiger charge is 2.06. The number of carboxylic acids is 1. The van der Waals surface area contributed by atoms with E-state index in [0.29, 0.717) is 0 Å². The number of alkyl halides is 2. The Balaban J connectivity index is 2.61. The standard InChI is InChI=1S/C9H7F2O4/c10-9(11)15-7-3-1-2-6(4-7)14-5-8(12)13/h1-2,4,9H,5H2,(H,12,13). The van der Waals surface area contributed by atoms with Crippen LogP contribution >= 0.6 is 0 Å². The molecule has 15 heavy (non-hydrogen) atoms. The number of carboxylic acid groups (broad SMARTS) is 1. The molecule has 0 saturated carbocycles. The van der Waals surface area contributed by atoms with Gasteiger partial charge in [-0.2, -0.15) is 8.78 Å². The van der Waals surface area contributed by atoms with Gasteiger partial charge in [0.15, 0.2) is 6.61 Å². The van der Waals surface area contributed by atoms with E-state index in [-0.39, 0.29) is 11.5 Å². The molecule has 1 aromatic carbocycles. The number of hydrogen-bond donors (Lipinski definition) is 1. The summed E-state index contributed by atoms with van der Waals surface area (Å²) in [6.07, 6.45) is 0. The Morgan fingerprint density at radius 1 is 1.60 bits per heavy atom. The summed E-state index contributed by atoms with van der Waals surface area (Å²) in [4.78, 5) is 10.2. The first-order valence-corrected chi connectivity index (χ1v) is 3.89. The largest absolute Gasteiger partial charge is 0.482 e. The van der Waals surface area contributed by atoms with Gasteiger partial charge in [-0.1, -0.05) is 0 Å². The van der Waals surface area contributed by atoms with Crippen LogP contribution in [-0.4, -0.2) is 24.3 Å². The van der Waals surface area contributed by atoms with Crippen LogP contribution in [0.15, 0.2) is 18.2 Å². The second kappa shape index (κ2) is 5.14. The van der Waals surface area contributed by atoms with Gasteiger partial charge in [-0.3, -0.25) is 0 Å². The molecule has 0 saturated heterocycles. The van der Waals surface area contributed by atoms with Crippen molar-refractivity contribution in [2.45, 2.75) is 6.61 Å². The van der Waals surface area contributed by atoms with Gasteiger partial charge >= 0.3 is 12.6 Å². The number of rotatable bonds is 5. The summed E-state index contributed by atoms with van der Waals surface area (Å²) in [7, 11) is 0. The van der Waals surface area contributed by atoms with Crippen molar-refractivity contribution in [3.63, 3.8) is 0 Å². The minimum absolute atomic E-state index is 0.131. The summed E-state index contributed by atoms with van der Waals surface area (Å²) in [6, 6.07) is 6.22. The van der Waals surface area contributed by atoms with Crippen molar-refractivity contribution < 1.29 is 28.2 Å². The highest BCUT2D eigenvalue weighted by molar-refractivity contribution is 5.68. The lowest BCUT2D eigenvalue weighted by Crippen LogP contribution is -2.09. The van der Waals surface area contributed by atoms with Crippen LogP contribution in [0.5, 0.6) is 11.5 Å². The third-order valence-corrected chi connectivity index (χ3v) is 1.32. The Bertz CT molecular complexity index is 341. The fraction of sp³-hybridized carbons (Fsp3) is 0.222. The molecular weight excluding hydrogens is 210 g/mol. The highest BCUT2D eigenvalue weighted by Crippen LogP contribution is 2.20. The van der Waals surface area contributed by atoms with Gasteiger partial charge in [-0.25, -0.2) is 4.79 Å². The van der Waals surface area contributed by atoms with E-state index in [1.165, 1.54) is 12.1 Å². The van der Waals surface area contributed by atoms with E-state index in [0.717, 1.165) is 6.07 Å². The third kappa shape index (κ3) is 4.26. The van der Waals surface area contributed by atoms with Crippen molar-refractivity contribution in [3.05, 3.63) is 24.3 Å². The predicted octanol–water partition coefficient (Wildman–Crippen LogP) is 1.55. The Hall–Kier alpha value is -1.85. The van der Waals surface area contributed by atoms with E-state index in [4.69, 9.17) is 9.84 Å². The monoisotopic (exact) mass is 217 g/mol. The van der Waals surface area contributed by atoms with E-state index in [9.17, 15) is 13.6 Å². The van der Waals surface area contributed by atoms with Crippen molar-refractivity contribution in [3.8, 4) is 11.5 Å². The predicted molar refractivity (Wildman–Crippen MR) is 45.0 cm³/mol. The van der Waals surface area contributed by atoms with Crippen LogP contribution in [0.1, 0.15) is 0 Å².